The zero-order chi connectivity index (χ0) is 41.1. The Kier molecular flexibility index (Phi) is 12.3. The highest BCUT2D eigenvalue weighted by atomic mass is 19.4. The van der Waals surface area contributed by atoms with Crippen LogP contribution in [0.2, 0.25) is 0 Å². The molecule has 3 amide bonds. The quantitative estimate of drug-likeness (QED) is 0.192. The van der Waals surface area contributed by atoms with Crippen LogP contribution >= 0.6 is 0 Å². The Morgan fingerprint density at radius 1 is 0.949 bits per heavy atom. The molecule has 0 aliphatic carbocycles. The third-order valence-corrected chi connectivity index (χ3v) is 12.4. The number of amides is 3. The summed E-state index contributed by atoms with van der Waals surface area (Å²) in [6.45, 7) is 9.28. The summed E-state index contributed by atoms with van der Waals surface area (Å²) in [7, 11) is 0. The van der Waals surface area contributed by atoms with Crippen LogP contribution in [0, 0.1) is 24.7 Å². The van der Waals surface area contributed by atoms with Crippen LogP contribution in [0.15, 0.2) is 54.7 Å². The summed E-state index contributed by atoms with van der Waals surface area (Å²) in [5.74, 6) is 6.60. The van der Waals surface area contributed by atoms with Gasteiger partial charge in [-0.3, -0.25) is 35.3 Å². The van der Waals surface area contributed by atoms with Gasteiger partial charge in [-0.1, -0.05) is 24.0 Å². The van der Waals surface area contributed by atoms with Gasteiger partial charge in [-0.25, -0.2) is 9.99 Å². The number of halogens is 3. The number of alkyl halides is 3. The lowest BCUT2D eigenvalue weighted by Gasteiger charge is -2.39. The summed E-state index contributed by atoms with van der Waals surface area (Å²) in [6, 6.07) is 13.1. The van der Waals surface area contributed by atoms with Crippen LogP contribution in [0.3, 0.4) is 0 Å². The van der Waals surface area contributed by atoms with E-state index in [-0.39, 0.29) is 47.7 Å². The molecule has 3 atom stereocenters. The summed E-state index contributed by atoms with van der Waals surface area (Å²) in [5, 5.41) is 10.8. The van der Waals surface area contributed by atoms with E-state index in [0.717, 1.165) is 94.5 Å². The summed E-state index contributed by atoms with van der Waals surface area (Å²) < 4.78 is 43.3. The number of anilines is 2. The van der Waals surface area contributed by atoms with Crippen LogP contribution < -0.4 is 26.3 Å². The third kappa shape index (κ3) is 9.80. The molecule has 6 heterocycles. The molecule has 5 aliphatic rings. The minimum absolute atomic E-state index is 0.000310. The lowest BCUT2D eigenvalue weighted by molar-refractivity contribution is -0.138. The molecule has 3 unspecified atom stereocenters. The summed E-state index contributed by atoms with van der Waals surface area (Å²) in [4.78, 5) is 48.7. The number of nitrogens with zero attached hydrogens (tertiary/aromatic N) is 5. The van der Waals surface area contributed by atoms with Crippen LogP contribution in [-0.2, 0) is 22.3 Å². The fourth-order valence-corrected chi connectivity index (χ4v) is 8.98. The normalized spacial score (nSPS) is 23.7. The molecule has 5 aliphatic heterocycles. The van der Waals surface area contributed by atoms with Crippen LogP contribution in [0.1, 0.15) is 82.6 Å². The maximum atomic E-state index is 14.4. The van der Waals surface area contributed by atoms with Crippen molar-refractivity contribution in [3.8, 4) is 11.8 Å². The predicted molar refractivity (Wildman–Crippen MR) is 218 cm³/mol. The molecule has 2 aromatic carbocycles. The molecule has 0 spiro atoms. The number of hydrogen-bond acceptors (Lipinski definition) is 10. The number of aromatic nitrogens is 1. The summed E-state index contributed by atoms with van der Waals surface area (Å²) in [6.07, 6.45) is 2.41. The van der Waals surface area contributed by atoms with Gasteiger partial charge in [0.2, 0.25) is 11.8 Å². The van der Waals surface area contributed by atoms with Crippen LogP contribution in [0.4, 0.5) is 24.7 Å². The van der Waals surface area contributed by atoms with Gasteiger partial charge in [0.15, 0.2) is 0 Å². The molecule has 0 radical (unpaired) electrons. The van der Waals surface area contributed by atoms with E-state index in [0.29, 0.717) is 43.0 Å². The Morgan fingerprint density at radius 3 is 2.53 bits per heavy atom. The highest BCUT2D eigenvalue weighted by molar-refractivity contribution is 6.04. The van der Waals surface area contributed by atoms with Crippen molar-refractivity contribution in [2.45, 2.75) is 76.3 Å². The van der Waals surface area contributed by atoms with E-state index < -0.39 is 17.6 Å². The Hall–Kier alpha value is -4.85. The first-order valence-electron chi connectivity index (χ1n) is 20.8. The Labute approximate surface area is 343 Å². The van der Waals surface area contributed by atoms with Gasteiger partial charge >= 0.3 is 6.18 Å². The van der Waals surface area contributed by atoms with Gasteiger partial charge in [-0.05, 0) is 98.0 Å². The van der Waals surface area contributed by atoms with Crippen molar-refractivity contribution in [3.63, 3.8) is 0 Å². The number of nitrogens with one attached hydrogen (secondary N) is 4. The van der Waals surface area contributed by atoms with E-state index in [1.807, 2.05) is 25.1 Å². The second-order valence-electron chi connectivity index (χ2n) is 16.5. The molecule has 0 saturated carbocycles. The minimum atomic E-state index is -4.58. The van der Waals surface area contributed by atoms with Crippen LogP contribution in [0.25, 0.3) is 0 Å². The SMILES string of the molecule is Cc1ccc(C(=O)Nc2ccc(CN3CCN(CC4CCN(c5cc(C6CCC(=O)NC6=O)ccn5)CC4)CC3)c(C(F)(F)F)c2)cc1C#CC1CNC2CCCNN12. The fourth-order valence-electron chi connectivity index (χ4n) is 8.98. The molecule has 8 rings (SSSR count). The molecule has 5 saturated heterocycles. The zero-order valence-corrected chi connectivity index (χ0v) is 33.4. The molecule has 15 heteroatoms. The van der Waals surface area contributed by atoms with E-state index in [1.54, 1.807) is 24.4 Å². The van der Waals surface area contributed by atoms with E-state index >= 15 is 0 Å². The van der Waals surface area contributed by atoms with Gasteiger partial charge < -0.3 is 15.1 Å². The van der Waals surface area contributed by atoms with Crippen molar-refractivity contribution in [3.05, 3.63) is 88.1 Å². The van der Waals surface area contributed by atoms with E-state index in [9.17, 15) is 27.6 Å². The van der Waals surface area contributed by atoms with Crippen molar-refractivity contribution in [1.82, 2.24) is 35.9 Å². The first-order valence-corrected chi connectivity index (χ1v) is 20.8. The second kappa shape index (κ2) is 17.8. The smallest absolute Gasteiger partial charge is 0.357 e. The van der Waals surface area contributed by atoms with Gasteiger partial charge in [-0.15, -0.1) is 0 Å². The molecular formula is C44H52F3N9O3. The Bertz CT molecular complexity index is 2100. The molecule has 3 aromatic rings. The van der Waals surface area contributed by atoms with E-state index in [2.05, 4.69) is 57.9 Å². The number of hydrogen-bond donors (Lipinski definition) is 4. The summed E-state index contributed by atoms with van der Waals surface area (Å²) in [5.41, 5.74) is 5.78. The topological polar surface area (TPSA) is 125 Å². The Morgan fingerprint density at radius 2 is 1.75 bits per heavy atom. The minimum Gasteiger partial charge on any atom is -0.357 e. The first-order chi connectivity index (χ1) is 28.5. The van der Waals surface area contributed by atoms with Crippen molar-refractivity contribution in [1.29, 1.82) is 0 Å². The average molecular weight is 812 g/mol. The zero-order valence-electron chi connectivity index (χ0n) is 33.4. The number of benzene rings is 2. The summed E-state index contributed by atoms with van der Waals surface area (Å²) >= 11 is 0. The van der Waals surface area contributed by atoms with Crippen molar-refractivity contribution in [2.24, 2.45) is 5.92 Å². The van der Waals surface area contributed by atoms with Gasteiger partial charge in [-0.2, -0.15) is 13.2 Å². The van der Waals surface area contributed by atoms with Gasteiger partial charge in [0.05, 0.1) is 23.7 Å². The number of rotatable bonds is 8. The molecule has 1 aromatic heterocycles. The maximum Gasteiger partial charge on any atom is 0.416 e. The molecule has 59 heavy (non-hydrogen) atoms. The molecule has 12 nitrogen and oxygen atoms in total. The lowest BCUT2D eigenvalue weighted by atomic mass is 9.91. The number of carbonyl (C=O) groups is 3. The third-order valence-electron chi connectivity index (χ3n) is 12.4. The number of hydrazine groups is 1. The average Bonchev–Trinajstić information content (AvgIpc) is 3.65. The first kappa shape index (κ1) is 40.9. The fraction of sp³-hybridized carbons (Fsp3) is 0.500. The molecule has 5 fully saturated rings. The number of pyridine rings is 1. The standard InChI is InChI=1S/C44H52F3N9O3/c1-29-4-5-33(23-31(29)7-9-36-26-49-39-3-2-15-50-56(36)39)42(58)51-35-8-6-34(38(25-35)44(45,46)47)28-54-21-19-53(20-22-54)27-30-13-17-55(18-14-30)40-24-32(12-16-48-40)37-10-11-41(57)52-43(37)59/h4-6,8,12,16,23-25,30,36-37,39,49-50H,2-3,10-11,13-15,17-22,26-28H2,1H3,(H,51,58)(H,52,57,59). The number of carbonyl (C=O) groups excluding carboxylic acids is 3. The van der Waals surface area contributed by atoms with Crippen molar-refractivity contribution < 1.29 is 27.6 Å². The molecular weight excluding hydrogens is 760 g/mol. The van der Waals surface area contributed by atoms with E-state index in [4.69, 9.17) is 0 Å². The lowest BCUT2D eigenvalue weighted by Crippen LogP contribution is -2.52. The molecule has 0 bridgehead atoms. The monoisotopic (exact) mass is 811 g/mol. The number of fused-ring (bicyclic) bond motifs is 1. The van der Waals surface area contributed by atoms with E-state index in [1.165, 1.54) is 6.07 Å². The maximum absolute atomic E-state index is 14.4. The number of piperazine rings is 1. The Balaban J connectivity index is 0.823. The van der Waals surface area contributed by atoms with Crippen LogP contribution in [-0.4, -0.2) is 109 Å². The van der Waals surface area contributed by atoms with Gasteiger partial charge in [0.1, 0.15) is 5.82 Å². The van der Waals surface area contributed by atoms with Crippen molar-refractivity contribution in [2.75, 3.05) is 69.1 Å². The predicted octanol–water partition coefficient (Wildman–Crippen LogP) is 4.47. The number of imide groups is 1. The second-order valence-corrected chi connectivity index (χ2v) is 16.5. The molecule has 4 N–H and O–H groups in total. The van der Waals surface area contributed by atoms with Gasteiger partial charge in [0.25, 0.3) is 5.91 Å². The van der Waals surface area contributed by atoms with Crippen molar-refractivity contribution >= 4 is 29.2 Å². The number of aryl methyl sites for hydroxylation is 1. The van der Waals surface area contributed by atoms with Crippen LogP contribution in [0.5, 0.6) is 0 Å². The highest BCUT2D eigenvalue weighted by Crippen LogP contribution is 2.35. The van der Waals surface area contributed by atoms with Gasteiger partial charge in [0, 0.05) is 94.9 Å². The molecule has 312 valence electrons. The highest BCUT2D eigenvalue weighted by Gasteiger charge is 2.36. The number of piperidine rings is 2. The largest absolute Gasteiger partial charge is 0.416 e.